The molecule has 0 unspecified atom stereocenters. The smallest absolute Gasteiger partial charge is 0.352 e. The molecule has 68 valence electrons. The van der Waals surface area contributed by atoms with Crippen molar-refractivity contribution in [2.75, 3.05) is 19.8 Å². The zero-order valence-electron chi connectivity index (χ0n) is 6.78. The van der Waals surface area contributed by atoms with Crippen LogP contribution in [0.3, 0.4) is 0 Å². The van der Waals surface area contributed by atoms with Gasteiger partial charge in [-0.2, -0.15) is 0 Å². The molecule has 1 rings (SSSR count). The van der Waals surface area contributed by atoms with Gasteiger partial charge in [0, 0.05) is 0 Å². The number of aliphatic hydroxyl groups excluding tert-OH is 2. The average molecular weight is 173 g/mol. The van der Waals surface area contributed by atoms with Gasteiger partial charge in [-0.3, -0.25) is 4.99 Å². The first kappa shape index (κ1) is 9.15. The van der Waals surface area contributed by atoms with Gasteiger partial charge in [0.25, 0.3) is 0 Å². The summed E-state index contributed by atoms with van der Waals surface area (Å²) < 4.78 is 4.70. The van der Waals surface area contributed by atoms with E-state index in [1.807, 2.05) is 0 Å². The lowest BCUT2D eigenvalue weighted by Gasteiger charge is -2.28. The lowest BCUT2D eigenvalue weighted by Crippen LogP contribution is -2.46. The summed E-state index contributed by atoms with van der Waals surface area (Å²) in [5, 5.41) is 17.8. The third kappa shape index (κ3) is 1.46. The molecule has 5 nitrogen and oxygen atoms in total. The number of hydrogen-bond acceptors (Lipinski definition) is 5. The second-order valence-corrected chi connectivity index (χ2v) is 2.81. The van der Waals surface area contributed by atoms with Crippen molar-refractivity contribution in [1.82, 2.24) is 0 Å². The van der Waals surface area contributed by atoms with Gasteiger partial charge in [0.05, 0.1) is 13.2 Å². The van der Waals surface area contributed by atoms with Gasteiger partial charge in [-0.05, 0) is 6.92 Å². The van der Waals surface area contributed by atoms with E-state index in [4.69, 9.17) is 14.9 Å². The quantitative estimate of drug-likeness (QED) is 0.510. The lowest BCUT2D eigenvalue weighted by atomic mass is 10.0. The Morgan fingerprint density at radius 2 is 2.17 bits per heavy atom. The molecule has 0 aliphatic carbocycles. The topological polar surface area (TPSA) is 79.1 Å². The number of cyclic esters (lactones) is 1. The van der Waals surface area contributed by atoms with E-state index >= 15 is 0 Å². The Hall–Kier alpha value is -0.940. The first-order valence-corrected chi connectivity index (χ1v) is 3.59. The van der Waals surface area contributed by atoms with Gasteiger partial charge in [0.1, 0.15) is 17.9 Å². The van der Waals surface area contributed by atoms with E-state index in [0.29, 0.717) is 0 Å². The molecule has 1 aliphatic rings. The Kier molecular flexibility index (Phi) is 2.44. The zero-order valence-corrected chi connectivity index (χ0v) is 6.78. The van der Waals surface area contributed by atoms with Crippen molar-refractivity contribution in [3.8, 4) is 0 Å². The van der Waals surface area contributed by atoms with Gasteiger partial charge in [-0.15, -0.1) is 0 Å². The van der Waals surface area contributed by atoms with Crippen molar-refractivity contribution in [2.24, 2.45) is 4.99 Å². The molecule has 0 amide bonds. The van der Waals surface area contributed by atoms with E-state index in [9.17, 15) is 4.79 Å². The number of ether oxygens (including phenoxy) is 1. The fourth-order valence-electron chi connectivity index (χ4n) is 0.950. The minimum atomic E-state index is -1.03. The van der Waals surface area contributed by atoms with Gasteiger partial charge >= 0.3 is 5.97 Å². The van der Waals surface area contributed by atoms with Crippen LogP contribution in [0.1, 0.15) is 6.92 Å². The maximum atomic E-state index is 10.8. The largest absolute Gasteiger partial charge is 0.458 e. The SMILES string of the molecule is CC1=NC(CO)(CO)COC1=O. The van der Waals surface area contributed by atoms with Crippen molar-refractivity contribution in [3.05, 3.63) is 0 Å². The number of aliphatic imine (C=N–C) groups is 1. The fourth-order valence-corrected chi connectivity index (χ4v) is 0.950. The van der Waals surface area contributed by atoms with E-state index in [1.54, 1.807) is 0 Å². The molecule has 0 aromatic rings. The summed E-state index contributed by atoms with van der Waals surface area (Å²) in [6, 6.07) is 0. The van der Waals surface area contributed by atoms with Gasteiger partial charge < -0.3 is 14.9 Å². The van der Waals surface area contributed by atoms with Gasteiger partial charge in [-0.1, -0.05) is 0 Å². The highest BCUT2D eigenvalue weighted by Crippen LogP contribution is 2.15. The second-order valence-electron chi connectivity index (χ2n) is 2.81. The number of rotatable bonds is 2. The maximum Gasteiger partial charge on any atom is 0.352 e. The maximum absolute atomic E-state index is 10.8. The van der Waals surface area contributed by atoms with Crippen molar-refractivity contribution in [1.29, 1.82) is 0 Å². The van der Waals surface area contributed by atoms with Crippen LogP contribution in [0.15, 0.2) is 4.99 Å². The molecule has 0 saturated heterocycles. The minimum Gasteiger partial charge on any atom is -0.458 e. The number of esters is 1. The minimum absolute atomic E-state index is 0.0594. The summed E-state index contributed by atoms with van der Waals surface area (Å²) in [7, 11) is 0. The number of carbonyl (C=O) groups excluding carboxylic acids is 1. The highest BCUT2D eigenvalue weighted by molar-refractivity contribution is 6.35. The number of hydrogen-bond donors (Lipinski definition) is 2. The summed E-state index contributed by atoms with van der Waals surface area (Å²) >= 11 is 0. The number of carbonyl (C=O) groups is 1. The third-order valence-electron chi connectivity index (χ3n) is 1.76. The molecule has 1 aliphatic heterocycles. The molecular formula is C7H11NO4. The number of aliphatic hydroxyl groups is 2. The van der Waals surface area contributed by atoms with E-state index in [1.165, 1.54) is 6.92 Å². The summed E-state index contributed by atoms with van der Waals surface area (Å²) in [6.07, 6.45) is 0. The fraction of sp³-hybridized carbons (Fsp3) is 0.714. The van der Waals surface area contributed by atoms with Crippen molar-refractivity contribution < 1.29 is 19.7 Å². The Bertz CT molecular complexity index is 219. The molecule has 0 spiro atoms. The van der Waals surface area contributed by atoms with Gasteiger partial charge in [0.2, 0.25) is 0 Å². The molecule has 5 heteroatoms. The normalized spacial score (nSPS) is 21.6. The predicted octanol–water partition coefficient (Wildman–Crippen LogP) is -1.27. The first-order chi connectivity index (χ1) is 5.63. The van der Waals surface area contributed by atoms with Crippen LogP contribution >= 0.6 is 0 Å². The Balaban J connectivity index is 2.88. The van der Waals surface area contributed by atoms with Crippen LogP contribution in [0, 0.1) is 0 Å². The lowest BCUT2D eigenvalue weighted by molar-refractivity contribution is -0.140. The number of nitrogens with zero attached hydrogens (tertiary/aromatic N) is 1. The van der Waals surface area contributed by atoms with Gasteiger partial charge in [0.15, 0.2) is 0 Å². The monoisotopic (exact) mass is 173 g/mol. The second kappa shape index (κ2) is 3.20. The molecule has 0 saturated carbocycles. The first-order valence-electron chi connectivity index (χ1n) is 3.59. The molecule has 12 heavy (non-hydrogen) atoms. The Morgan fingerprint density at radius 3 is 2.58 bits per heavy atom. The van der Waals surface area contributed by atoms with Crippen LogP contribution in [0.4, 0.5) is 0 Å². The third-order valence-corrected chi connectivity index (χ3v) is 1.76. The molecule has 2 N–H and O–H groups in total. The van der Waals surface area contributed by atoms with Gasteiger partial charge in [-0.25, -0.2) is 4.79 Å². The van der Waals surface area contributed by atoms with Crippen LogP contribution < -0.4 is 0 Å². The van der Waals surface area contributed by atoms with E-state index in [0.717, 1.165) is 0 Å². The molecule has 0 aromatic carbocycles. The highest BCUT2D eigenvalue weighted by Gasteiger charge is 2.34. The summed E-state index contributed by atoms with van der Waals surface area (Å²) in [5.74, 6) is -0.493. The molecule has 0 fully saturated rings. The van der Waals surface area contributed by atoms with Crippen molar-refractivity contribution in [2.45, 2.75) is 12.5 Å². The molecule has 0 atom stereocenters. The zero-order chi connectivity index (χ0) is 9.19. The van der Waals surface area contributed by atoms with Crippen molar-refractivity contribution >= 4 is 11.7 Å². The van der Waals surface area contributed by atoms with Crippen LogP contribution in [0.2, 0.25) is 0 Å². The average Bonchev–Trinajstić information content (AvgIpc) is 2.10. The highest BCUT2D eigenvalue weighted by atomic mass is 16.5. The van der Waals surface area contributed by atoms with Crippen LogP contribution in [0.5, 0.6) is 0 Å². The Labute approximate surface area is 69.7 Å². The molecule has 0 aromatic heterocycles. The summed E-state index contributed by atoms with van der Waals surface area (Å²) in [6.45, 7) is 0.778. The van der Waals surface area contributed by atoms with E-state index in [-0.39, 0.29) is 25.5 Å². The molecule has 0 radical (unpaired) electrons. The van der Waals surface area contributed by atoms with E-state index in [2.05, 4.69) is 4.99 Å². The van der Waals surface area contributed by atoms with Crippen LogP contribution in [0.25, 0.3) is 0 Å². The molecule has 0 bridgehead atoms. The summed E-state index contributed by atoms with van der Waals surface area (Å²) in [4.78, 5) is 14.7. The predicted molar refractivity (Wildman–Crippen MR) is 41.0 cm³/mol. The van der Waals surface area contributed by atoms with E-state index < -0.39 is 11.5 Å². The molecule has 1 heterocycles. The Morgan fingerprint density at radius 1 is 1.58 bits per heavy atom. The van der Waals surface area contributed by atoms with Crippen molar-refractivity contribution in [3.63, 3.8) is 0 Å². The summed E-state index contributed by atoms with van der Waals surface area (Å²) in [5.41, 5.74) is -0.845. The van der Waals surface area contributed by atoms with Crippen LogP contribution in [-0.2, 0) is 9.53 Å². The molecular weight excluding hydrogens is 162 g/mol. The standard InChI is InChI=1S/C7H11NO4/c1-5-6(11)12-4-7(2-9,3-10)8-5/h9-10H,2-4H2,1H3. The van der Waals surface area contributed by atoms with Crippen LogP contribution in [-0.4, -0.2) is 47.3 Å².